The maximum atomic E-state index is 13.9. The van der Waals surface area contributed by atoms with Gasteiger partial charge in [-0.1, -0.05) is 19.1 Å². The van der Waals surface area contributed by atoms with Crippen LogP contribution in [0.4, 0.5) is 18.9 Å². The van der Waals surface area contributed by atoms with E-state index in [1.807, 2.05) is 23.3 Å². The molecule has 0 spiro atoms. The number of halogens is 3. The lowest BCUT2D eigenvalue weighted by molar-refractivity contribution is -0.137. The van der Waals surface area contributed by atoms with Crippen molar-refractivity contribution < 1.29 is 22.8 Å². The maximum Gasteiger partial charge on any atom is 0.417 e. The Morgan fingerprint density at radius 2 is 2.11 bits per heavy atom. The number of carbonyl (C=O) groups is 1. The van der Waals surface area contributed by atoms with Crippen LogP contribution in [0.2, 0.25) is 0 Å². The van der Waals surface area contributed by atoms with Crippen LogP contribution in [0.3, 0.4) is 0 Å². The Labute approximate surface area is 201 Å². The number of nitrogens with zero attached hydrogens (tertiary/aromatic N) is 2. The van der Waals surface area contributed by atoms with E-state index >= 15 is 0 Å². The van der Waals surface area contributed by atoms with Crippen molar-refractivity contribution in [1.29, 1.82) is 0 Å². The molecule has 1 aromatic carbocycles. The lowest BCUT2D eigenvalue weighted by atomic mass is 9.93. The smallest absolute Gasteiger partial charge is 0.373 e. The predicted molar refractivity (Wildman–Crippen MR) is 129 cm³/mol. The number of rotatable bonds is 4. The minimum atomic E-state index is -4.53. The number of benzene rings is 1. The highest BCUT2D eigenvalue weighted by Gasteiger charge is 2.36. The average Bonchev–Trinajstić information content (AvgIpc) is 2.87. The first-order chi connectivity index (χ1) is 16.7. The van der Waals surface area contributed by atoms with Crippen molar-refractivity contribution in [3.05, 3.63) is 75.7 Å². The molecule has 182 valence electrons. The first-order valence-corrected chi connectivity index (χ1v) is 11.3. The second-order valence-corrected chi connectivity index (χ2v) is 8.44. The Balaban J connectivity index is 1.56. The highest BCUT2D eigenvalue weighted by Crippen LogP contribution is 2.41. The molecule has 0 aromatic heterocycles. The molecule has 0 bridgehead atoms. The standard InChI is InChI=1S/C26H25F3N4O2/c1-3-17-12-20-21(26(27,28)29)10-16(11-23(20)32-24(17)15-34)14-33-8-6-18(7-9-33)19-4-5-22(31-13-19)25(35)30-2/h4-6,8,10-13,22,32H,3,7,9,14H2,1-2H3,(H,30,35). The molecule has 6 nitrogen and oxygen atoms in total. The fraction of sp³-hybridized carbons (Fsp3) is 0.308. The first kappa shape index (κ1) is 24.3. The van der Waals surface area contributed by atoms with Gasteiger partial charge in [0.05, 0.1) is 5.56 Å². The number of allylic oxidation sites excluding steroid dienone is 4. The van der Waals surface area contributed by atoms with E-state index in [1.165, 1.54) is 12.1 Å². The number of alkyl halides is 3. The second-order valence-electron chi connectivity index (χ2n) is 8.44. The van der Waals surface area contributed by atoms with Crippen molar-refractivity contribution in [2.24, 2.45) is 4.99 Å². The zero-order chi connectivity index (χ0) is 25.2. The highest BCUT2D eigenvalue weighted by atomic mass is 19.4. The van der Waals surface area contributed by atoms with Crippen molar-refractivity contribution in [3.8, 4) is 0 Å². The maximum absolute atomic E-state index is 13.9. The summed E-state index contributed by atoms with van der Waals surface area (Å²) in [5.74, 6) is 1.62. The van der Waals surface area contributed by atoms with E-state index in [0.717, 1.165) is 11.1 Å². The van der Waals surface area contributed by atoms with Gasteiger partial charge in [-0.15, -0.1) is 0 Å². The van der Waals surface area contributed by atoms with Crippen LogP contribution in [0.25, 0.3) is 6.08 Å². The summed E-state index contributed by atoms with van der Waals surface area (Å²) >= 11 is 0. The molecule has 0 aliphatic carbocycles. The second kappa shape index (κ2) is 9.80. The first-order valence-electron chi connectivity index (χ1n) is 11.3. The molecule has 1 amide bonds. The molecule has 2 N–H and O–H groups in total. The van der Waals surface area contributed by atoms with Crippen LogP contribution in [0.5, 0.6) is 0 Å². The highest BCUT2D eigenvalue weighted by molar-refractivity contribution is 5.92. The third-order valence-corrected chi connectivity index (χ3v) is 6.19. The quantitative estimate of drug-likeness (QED) is 0.624. The molecular weight excluding hydrogens is 457 g/mol. The van der Waals surface area contributed by atoms with Gasteiger partial charge in [0.25, 0.3) is 0 Å². The Bertz CT molecular complexity index is 1230. The van der Waals surface area contributed by atoms with E-state index < -0.39 is 17.8 Å². The Morgan fingerprint density at radius 3 is 2.69 bits per heavy atom. The van der Waals surface area contributed by atoms with E-state index in [-0.39, 0.29) is 29.4 Å². The Kier molecular flexibility index (Phi) is 6.80. The molecule has 1 atom stereocenters. The number of aliphatic imine (C=N–C) groups is 1. The van der Waals surface area contributed by atoms with E-state index in [0.29, 0.717) is 30.5 Å². The molecule has 9 heteroatoms. The number of fused-ring (bicyclic) bond motifs is 1. The number of hydrogen-bond acceptors (Lipinski definition) is 5. The minimum Gasteiger partial charge on any atom is -0.373 e. The predicted octanol–water partition coefficient (Wildman–Crippen LogP) is 4.41. The molecular formula is C26H25F3N4O2. The summed E-state index contributed by atoms with van der Waals surface area (Å²) in [5.41, 5.74) is 2.65. The molecule has 35 heavy (non-hydrogen) atoms. The van der Waals surface area contributed by atoms with Gasteiger partial charge in [-0.3, -0.25) is 9.79 Å². The number of dihydropyridines is 1. The van der Waals surface area contributed by atoms with Crippen molar-refractivity contribution in [2.75, 3.05) is 18.9 Å². The fourth-order valence-corrected chi connectivity index (χ4v) is 4.29. The summed E-state index contributed by atoms with van der Waals surface area (Å²) in [4.78, 5) is 29.2. The molecule has 0 saturated carbocycles. The molecule has 3 aliphatic rings. The van der Waals surface area contributed by atoms with Gasteiger partial charge in [0, 0.05) is 37.6 Å². The van der Waals surface area contributed by atoms with Crippen LogP contribution in [-0.2, 0) is 22.3 Å². The SMILES string of the molecule is CCC1=Cc2c(cc(CN3C=CC(=C4C=CC(C(=O)NC)N=C4)CC3)cc2C(F)(F)F)NC1=C=O. The number of nitrogens with one attached hydrogen (secondary N) is 2. The van der Waals surface area contributed by atoms with Gasteiger partial charge in [0.1, 0.15) is 11.7 Å². The Morgan fingerprint density at radius 1 is 1.31 bits per heavy atom. The van der Waals surface area contributed by atoms with Gasteiger partial charge >= 0.3 is 6.18 Å². The number of likely N-dealkylation sites (N-methyl/N-ethyl adjacent to an activating group) is 1. The van der Waals surface area contributed by atoms with E-state index in [4.69, 9.17) is 0 Å². The topological polar surface area (TPSA) is 73.8 Å². The Hall–Kier alpha value is -3.84. The van der Waals surface area contributed by atoms with Crippen molar-refractivity contribution in [3.63, 3.8) is 0 Å². The summed E-state index contributed by atoms with van der Waals surface area (Å²) in [6, 6.07) is 2.30. The number of hydrogen-bond donors (Lipinski definition) is 2. The molecule has 0 saturated heterocycles. The molecule has 1 aromatic rings. The third-order valence-electron chi connectivity index (χ3n) is 6.19. The number of anilines is 1. The summed E-state index contributed by atoms with van der Waals surface area (Å²) in [5, 5.41) is 5.40. The zero-order valence-electron chi connectivity index (χ0n) is 19.4. The minimum absolute atomic E-state index is 0.0386. The van der Waals surface area contributed by atoms with Crippen molar-refractivity contribution in [2.45, 2.75) is 38.5 Å². The monoisotopic (exact) mass is 482 g/mol. The largest absolute Gasteiger partial charge is 0.417 e. The van der Waals surface area contributed by atoms with Gasteiger partial charge in [-0.05, 0) is 65.6 Å². The van der Waals surface area contributed by atoms with Crippen molar-refractivity contribution >= 4 is 29.8 Å². The third kappa shape index (κ3) is 5.15. The van der Waals surface area contributed by atoms with E-state index in [2.05, 4.69) is 15.6 Å². The molecule has 3 heterocycles. The van der Waals surface area contributed by atoms with Crippen LogP contribution in [0.15, 0.2) is 64.0 Å². The normalized spacial score (nSPS) is 21.3. The lowest BCUT2D eigenvalue weighted by Gasteiger charge is -2.28. The fourth-order valence-electron chi connectivity index (χ4n) is 4.29. The van der Waals surface area contributed by atoms with Gasteiger partial charge in [0.15, 0.2) is 5.94 Å². The van der Waals surface area contributed by atoms with Gasteiger partial charge in [0.2, 0.25) is 5.91 Å². The van der Waals surface area contributed by atoms with Gasteiger partial charge in [-0.25, -0.2) is 4.79 Å². The molecule has 0 fully saturated rings. The number of carbonyl (C=O) groups excluding carboxylic acids is 2. The van der Waals surface area contributed by atoms with Gasteiger partial charge in [-0.2, -0.15) is 13.2 Å². The summed E-state index contributed by atoms with van der Waals surface area (Å²) in [7, 11) is 1.56. The average molecular weight is 483 g/mol. The van der Waals surface area contributed by atoms with Crippen LogP contribution in [0.1, 0.15) is 36.5 Å². The molecule has 3 aliphatic heterocycles. The van der Waals surface area contributed by atoms with Crippen LogP contribution >= 0.6 is 0 Å². The van der Waals surface area contributed by atoms with E-state index in [9.17, 15) is 22.8 Å². The number of amides is 1. The molecule has 0 radical (unpaired) electrons. The van der Waals surface area contributed by atoms with Crippen LogP contribution < -0.4 is 10.6 Å². The van der Waals surface area contributed by atoms with E-state index in [1.54, 1.807) is 38.3 Å². The molecule has 4 rings (SSSR count). The van der Waals surface area contributed by atoms with Crippen LogP contribution in [-0.4, -0.2) is 42.6 Å². The van der Waals surface area contributed by atoms with Crippen LogP contribution in [0, 0.1) is 0 Å². The molecule has 1 unspecified atom stereocenters. The summed E-state index contributed by atoms with van der Waals surface area (Å²) in [6.45, 7) is 2.67. The summed E-state index contributed by atoms with van der Waals surface area (Å²) in [6.07, 6.45) is 7.03. The summed E-state index contributed by atoms with van der Waals surface area (Å²) < 4.78 is 41.6. The lowest BCUT2D eigenvalue weighted by Crippen LogP contribution is -2.30. The van der Waals surface area contributed by atoms with Crippen molar-refractivity contribution in [1.82, 2.24) is 10.2 Å². The zero-order valence-corrected chi connectivity index (χ0v) is 19.4. The van der Waals surface area contributed by atoms with Gasteiger partial charge < -0.3 is 15.5 Å².